The molecule has 5 nitrogen and oxygen atoms in total. The first-order valence-corrected chi connectivity index (χ1v) is 10.9. The van der Waals surface area contributed by atoms with Crippen molar-refractivity contribution in [2.45, 2.75) is 26.2 Å². The van der Waals surface area contributed by atoms with Crippen LogP contribution in [0.25, 0.3) is 16.9 Å². The van der Waals surface area contributed by atoms with Crippen LogP contribution in [0.4, 0.5) is 5.82 Å². The number of ether oxygens (including phenoxy) is 1. The highest BCUT2D eigenvalue weighted by Gasteiger charge is 2.34. The molecule has 0 saturated carbocycles. The number of carbonyl (C=O) groups excluding carboxylic acids is 1. The second-order valence-corrected chi connectivity index (χ2v) is 8.03. The minimum atomic E-state index is -0.0937. The van der Waals surface area contributed by atoms with Gasteiger partial charge in [0.15, 0.2) is 0 Å². The first kappa shape index (κ1) is 20.1. The number of nitrogens with zero attached hydrogens (tertiary/aromatic N) is 2. The molecule has 160 valence electrons. The van der Waals surface area contributed by atoms with Crippen LogP contribution in [0.3, 0.4) is 0 Å². The molecule has 0 spiro atoms. The number of carbonyl (C=O) groups is 1. The second kappa shape index (κ2) is 8.35. The van der Waals surface area contributed by atoms with E-state index in [1.54, 1.807) is 0 Å². The third-order valence-electron chi connectivity index (χ3n) is 5.84. The maximum Gasteiger partial charge on any atom is 0.226 e. The summed E-state index contributed by atoms with van der Waals surface area (Å²) in [5.41, 5.74) is 6.13. The molecule has 0 aliphatic carbocycles. The molecule has 1 amide bonds. The summed E-state index contributed by atoms with van der Waals surface area (Å²) >= 11 is 0. The number of aryl methyl sites for hydroxylation is 1. The zero-order valence-corrected chi connectivity index (χ0v) is 18.2. The Bertz CT molecular complexity index is 1240. The zero-order valence-electron chi connectivity index (χ0n) is 18.2. The third kappa shape index (κ3) is 3.66. The first-order valence-electron chi connectivity index (χ1n) is 10.9. The van der Waals surface area contributed by atoms with Crippen molar-refractivity contribution in [3.8, 4) is 22.7 Å². The average molecular weight is 424 g/mol. The van der Waals surface area contributed by atoms with E-state index in [2.05, 4.69) is 48.6 Å². The fourth-order valence-corrected chi connectivity index (χ4v) is 4.28. The van der Waals surface area contributed by atoms with Gasteiger partial charge in [0, 0.05) is 23.5 Å². The Morgan fingerprint density at radius 2 is 1.72 bits per heavy atom. The molecule has 1 atom stereocenters. The normalized spacial score (nSPS) is 15.2. The lowest BCUT2D eigenvalue weighted by Crippen LogP contribution is -2.24. The van der Waals surface area contributed by atoms with E-state index in [1.165, 1.54) is 5.56 Å². The summed E-state index contributed by atoms with van der Waals surface area (Å²) in [6.45, 7) is 4.65. The smallest absolute Gasteiger partial charge is 0.226 e. The highest BCUT2D eigenvalue weighted by molar-refractivity contribution is 5.96. The molecule has 0 saturated heterocycles. The number of rotatable bonds is 5. The van der Waals surface area contributed by atoms with Crippen molar-refractivity contribution in [2.75, 3.05) is 11.9 Å². The van der Waals surface area contributed by atoms with Gasteiger partial charge < -0.3 is 10.1 Å². The highest BCUT2D eigenvalue weighted by atomic mass is 16.5. The number of fused-ring (bicyclic) bond motifs is 1. The van der Waals surface area contributed by atoms with Crippen LogP contribution in [0.2, 0.25) is 0 Å². The lowest BCUT2D eigenvalue weighted by molar-refractivity contribution is -0.116. The Hall–Kier alpha value is -3.86. The first-order chi connectivity index (χ1) is 15.6. The Morgan fingerprint density at radius 3 is 2.41 bits per heavy atom. The van der Waals surface area contributed by atoms with Gasteiger partial charge in [-0.1, -0.05) is 60.2 Å². The summed E-state index contributed by atoms with van der Waals surface area (Å²) in [4.78, 5) is 12.8. The molecule has 0 fully saturated rings. The van der Waals surface area contributed by atoms with Gasteiger partial charge in [0.1, 0.15) is 11.6 Å². The van der Waals surface area contributed by atoms with E-state index in [9.17, 15) is 4.79 Å². The van der Waals surface area contributed by atoms with Gasteiger partial charge in [-0.15, -0.1) is 0 Å². The van der Waals surface area contributed by atoms with Gasteiger partial charge in [-0.05, 0) is 43.7 Å². The van der Waals surface area contributed by atoms with Gasteiger partial charge in [-0.25, -0.2) is 4.68 Å². The molecule has 2 heterocycles. The monoisotopic (exact) mass is 423 g/mol. The van der Waals surface area contributed by atoms with E-state index in [0.29, 0.717) is 13.0 Å². The van der Waals surface area contributed by atoms with Crippen LogP contribution < -0.4 is 10.1 Å². The SMILES string of the molecule is CCOc1ccc([C@@H]2CC(=O)Nc3c2c(-c2ccccc2)nn3-c2ccc(C)cc2)cc1. The molecule has 4 aromatic rings. The maximum absolute atomic E-state index is 12.8. The van der Waals surface area contributed by atoms with E-state index >= 15 is 0 Å². The average Bonchev–Trinajstić information content (AvgIpc) is 3.20. The van der Waals surface area contributed by atoms with Gasteiger partial charge in [0.2, 0.25) is 5.91 Å². The fraction of sp³-hybridized carbons (Fsp3) is 0.185. The zero-order chi connectivity index (χ0) is 22.1. The van der Waals surface area contributed by atoms with E-state index in [-0.39, 0.29) is 11.8 Å². The lowest BCUT2D eigenvalue weighted by atomic mass is 9.84. The van der Waals surface area contributed by atoms with E-state index in [0.717, 1.165) is 39.6 Å². The summed E-state index contributed by atoms with van der Waals surface area (Å²) in [6, 6.07) is 26.4. The molecular weight excluding hydrogens is 398 g/mol. The van der Waals surface area contributed by atoms with E-state index < -0.39 is 0 Å². The summed E-state index contributed by atoms with van der Waals surface area (Å²) in [6.07, 6.45) is 0.375. The predicted molar refractivity (Wildman–Crippen MR) is 126 cm³/mol. The molecule has 1 aromatic heterocycles. The predicted octanol–water partition coefficient (Wildman–Crippen LogP) is 5.72. The standard InChI is InChI=1S/C27H25N3O2/c1-3-32-22-15-11-19(12-16-22)23-17-24(31)28-27-25(23)26(20-7-5-4-6-8-20)29-30(27)21-13-9-18(2)10-14-21/h4-16,23H,3,17H2,1-2H3,(H,28,31)/t23-/m0/s1. The van der Waals surface area contributed by atoms with Crippen molar-refractivity contribution < 1.29 is 9.53 Å². The largest absolute Gasteiger partial charge is 0.494 e. The molecule has 5 heteroatoms. The number of benzene rings is 3. The second-order valence-electron chi connectivity index (χ2n) is 8.03. The molecule has 0 unspecified atom stereocenters. The van der Waals surface area contributed by atoms with Crippen molar-refractivity contribution >= 4 is 11.7 Å². The Labute approximate surface area is 187 Å². The van der Waals surface area contributed by atoms with Crippen molar-refractivity contribution in [3.63, 3.8) is 0 Å². The Kier molecular flexibility index (Phi) is 5.23. The van der Waals surface area contributed by atoms with E-state index in [4.69, 9.17) is 9.84 Å². The fourth-order valence-electron chi connectivity index (χ4n) is 4.28. The maximum atomic E-state index is 12.8. The summed E-state index contributed by atoms with van der Waals surface area (Å²) < 4.78 is 7.46. The molecular formula is C27H25N3O2. The van der Waals surface area contributed by atoms with Crippen molar-refractivity contribution in [2.24, 2.45) is 0 Å². The Balaban J connectivity index is 1.70. The highest BCUT2D eigenvalue weighted by Crippen LogP contribution is 2.44. The van der Waals surface area contributed by atoms with Crippen LogP contribution in [0, 0.1) is 6.92 Å². The minimum absolute atomic E-state index is 0.00995. The van der Waals surface area contributed by atoms with E-state index in [1.807, 2.05) is 54.1 Å². The van der Waals surface area contributed by atoms with Gasteiger partial charge in [-0.2, -0.15) is 5.10 Å². The molecule has 1 aliphatic heterocycles. The summed E-state index contributed by atoms with van der Waals surface area (Å²) in [5, 5.41) is 8.10. The lowest BCUT2D eigenvalue weighted by Gasteiger charge is -2.25. The van der Waals surface area contributed by atoms with Crippen LogP contribution in [0.1, 0.15) is 36.0 Å². The topological polar surface area (TPSA) is 56.1 Å². The molecule has 5 rings (SSSR count). The van der Waals surface area contributed by atoms with Gasteiger partial charge in [-0.3, -0.25) is 4.79 Å². The van der Waals surface area contributed by atoms with Gasteiger partial charge in [0.25, 0.3) is 0 Å². The van der Waals surface area contributed by atoms with Crippen LogP contribution in [-0.2, 0) is 4.79 Å². The van der Waals surface area contributed by atoms with Crippen LogP contribution in [0.15, 0.2) is 78.9 Å². The molecule has 3 aromatic carbocycles. The summed E-state index contributed by atoms with van der Waals surface area (Å²) in [7, 11) is 0. The quantitative estimate of drug-likeness (QED) is 0.447. The number of hydrogen-bond acceptors (Lipinski definition) is 3. The van der Waals surface area contributed by atoms with Gasteiger partial charge in [0.05, 0.1) is 18.0 Å². The van der Waals surface area contributed by atoms with Crippen molar-refractivity contribution in [3.05, 3.63) is 95.6 Å². The molecule has 1 aliphatic rings. The minimum Gasteiger partial charge on any atom is -0.494 e. The number of aromatic nitrogens is 2. The molecule has 1 N–H and O–H groups in total. The summed E-state index contributed by atoms with van der Waals surface area (Å²) in [5.74, 6) is 1.46. The van der Waals surface area contributed by atoms with Crippen LogP contribution in [-0.4, -0.2) is 22.3 Å². The van der Waals surface area contributed by atoms with Crippen LogP contribution >= 0.6 is 0 Å². The van der Waals surface area contributed by atoms with Crippen molar-refractivity contribution in [1.82, 2.24) is 9.78 Å². The number of amides is 1. The van der Waals surface area contributed by atoms with Gasteiger partial charge >= 0.3 is 0 Å². The Morgan fingerprint density at radius 1 is 1.00 bits per heavy atom. The number of anilines is 1. The molecule has 32 heavy (non-hydrogen) atoms. The number of nitrogens with one attached hydrogen (secondary N) is 1. The molecule has 0 radical (unpaired) electrons. The van der Waals surface area contributed by atoms with Crippen LogP contribution in [0.5, 0.6) is 5.75 Å². The molecule has 0 bridgehead atoms. The number of hydrogen-bond donors (Lipinski definition) is 1. The van der Waals surface area contributed by atoms with Crippen molar-refractivity contribution in [1.29, 1.82) is 0 Å². The third-order valence-corrected chi connectivity index (χ3v) is 5.84.